The molecule has 17 atom stereocenters. The molecule has 0 spiro atoms. The summed E-state index contributed by atoms with van der Waals surface area (Å²) in [7, 11) is 0. The maximum absolute atomic E-state index is 13.5. The maximum Gasteiger partial charge on any atom is 0.220 e. The van der Waals surface area contributed by atoms with Gasteiger partial charge in [0.1, 0.15) is 73.2 Å². The van der Waals surface area contributed by atoms with Crippen molar-refractivity contribution in [3.8, 4) is 0 Å². The summed E-state index contributed by atoms with van der Waals surface area (Å²) in [5, 5.41) is 121. The first-order chi connectivity index (χ1) is 50.8. The molecule has 0 aliphatic carbocycles. The van der Waals surface area contributed by atoms with Crippen molar-refractivity contribution in [1.29, 1.82) is 0 Å². The molecule has 19 nitrogen and oxygen atoms in total. The van der Waals surface area contributed by atoms with Gasteiger partial charge in [-0.1, -0.05) is 346 Å². The molecule has 1 amide bonds. The van der Waals surface area contributed by atoms with E-state index in [0.717, 1.165) is 51.4 Å². The van der Waals surface area contributed by atoms with Gasteiger partial charge in [0.25, 0.3) is 0 Å². The van der Waals surface area contributed by atoms with Crippen LogP contribution in [0.5, 0.6) is 0 Å². The van der Waals surface area contributed by atoms with Crippen LogP contribution in [0.1, 0.15) is 367 Å². The van der Waals surface area contributed by atoms with E-state index in [1.165, 1.54) is 289 Å². The van der Waals surface area contributed by atoms with Gasteiger partial charge in [0.2, 0.25) is 5.91 Å². The third-order valence-corrected chi connectivity index (χ3v) is 21.7. The van der Waals surface area contributed by atoms with Crippen LogP contribution in [0, 0.1) is 0 Å². The molecule has 104 heavy (non-hydrogen) atoms. The average molecular weight is 1480 g/mol. The highest BCUT2D eigenvalue weighted by Crippen LogP contribution is 2.33. The van der Waals surface area contributed by atoms with Crippen molar-refractivity contribution in [1.82, 2.24) is 5.32 Å². The lowest BCUT2D eigenvalue weighted by molar-refractivity contribution is -0.379. The second-order valence-corrected chi connectivity index (χ2v) is 31.0. The lowest BCUT2D eigenvalue weighted by Gasteiger charge is -2.48. The van der Waals surface area contributed by atoms with Crippen LogP contribution in [0.15, 0.2) is 36.5 Å². The quantitative estimate of drug-likeness (QED) is 0.0199. The van der Waals surface area contributed by atoms with Crippen molar-refractivity contribution < 1.29 is 89.4 Å². The fourth-order valence-electron chi connectivity index (χ4n) is 14.8. The molecule has 612 valence electrons. The second kappa shape index (κ2) is 65.7. The van der Waals surface area contributed by atoms with Gasteiger partial charge in [-0.15, -0.1) is 0 Å². The Hall–Kier alpha value is -1.99. The van der Waals surface area contributed by atoms with Gasteiger partial charge in [-0.25, -0.2) is 0 Å². The van der Waals surface area contributed by atoms with E-state index in [0.29, 0.717) is 6.42 Å². The zero-order chi connectivity index (χ0) is 75.3. The standard InChI is InChI=1S/C85H159NO18/c1-3-5-7-9-11-13-15-17-19-21-23-25-27-29-31-33-35-36-38-40-42-44-46-48-50-52-54-56-58-60-62-69(90)68(86-73(91)63-61-59-57-55-53-51-49-47-45-43-41-39-37-34-32-30-28-26-24-22-20-18-16-14-12-10-8-6-4-2)67-99-83-79(97)76(94)81(71(65-88)101-83)104-85-80(98)77(95)82(72(66-89)102-85)103-84-78(96)75(93)74(92)70(64-87)100-84/h16,18,22,24,60,62,68-72,74-85,87-90,92-98H,3-15,17,19-21,23,25-59,61,63-67H2,1-2H3,(H,86,91)/b18-16-,24-22-,62-60+. The number of aliphatic hydroxyl groups excluding tert-OH is 11. The Morgan fingerprint density at radius 1 is 0.346 bits per heavy atom. The van der Waals surface area contributed by atoms with Crippen LogP contribution in [0.2, 0.25) is 0 Å². The summed E-state index contributed by atoms with van der Waals surface area (Å²) >= 11 is 0. The number of rotatable bonds is 70. The molecule has 0 aromatic carbocycles. The summed E-state index contributed by atoms with van der Waals surface area (Å²) in [5.74, 6) is -0.269. The molecule has 12 N–H and O–H groups in total. The predicted octanol–water partition coefficient (Wildman–Crippen LogP) is 15.5. The van der Waals surface area contributed by atoms with Gasteiger partial charge in [-0.2, -0.15) is 0 Å². The topological polar surface area (TPSA) is 307 Å². The highest BCUT2D eigenvalue weighted by Gasteiger charge is 2.54. The van der Waals surface area contributed by atoms with Crippen molar-refractivity contribution >= 4 is 5.91 Å². The smallest absolute Gasteiger partial charge is 0.220 e. The molecule has 3 saturated heterocycles. The van der Waals surface area contributed by atoms with Crippen molar-refractivity contribution in [2.75, 3.05) is 26.4 Å². The fourth-order valence-corrected chi connectivity index (χ4v) is 14.8. The molecule has 0 saturated carbocycles. The zero-order valence-corrected chi connectivity index (χ0v) is 65.8. The second-order valence-electron chi connectivity index (χ2n) is 31.0. The minimum atomic E-state index is -1.98. The largest absolute Gasteiger partial charge is 0.394 e. The molecule has 0 radical (unpaired) electrons. The molecule has 3 fully saturated rings. The normalized spacial score (nSPS) is 26.0. The summed E-state index contributed by atoms with van der Waals surface area (Å²) in [6.07, 6.45) is 55.7. The van der Waals surface area contributed by atoms with Crippen molar-refractivity contribution in [3.63, 3.8) is 0 Å². The Morgan fingerprint density at radius 2 is 0.635 bits per heavy atom. The number of carbonyl (C=O) groups excluding carboxylic acids is 1. The summed E-state index contributed by atoms with van der Waals surface area (Å²) in [6.45, 7) is 1.79. The first-order valence-electron chi connectivity index (χ1n) is 43.2. The number of hydrogen-bond acceptors (Lipinski definition) is 18. The molecule has 0 aromatic heterocycles. The summed E-state index contributed by atoms with van der Waals surface area (Å²) in [5.41, 5.74) is 0. The van der Waals surface area contributed by atoms with Crippen LogP contribution in [-0.2, 0) is 33.2 Å². The fraction of sp³-hybridized carbons (Fsp3) is 0.918. The van der Waals surface area contributed by atoms with E-state index in [2.05, 4.69) is 43.5 Å². The number of unbranched alkanes of at least 4 members (excludes halogenated alkanes) is 50. The van der Waals surface area contributed by atoms with Crippen LogP contribution in [-0.4, -0.2) is 193 Å². The van der Waals surface area contributed by atoms with Crippen molar-refractivity contribution in [2.24, 2.45) is 0 Å². The average Bonchev–Trinajstić information content (AvgIpc) is 0.781. The molecular weight excluding hydrogens is 1320 g/mol. The van der Waals surface area contributed by atoms with Gasteiger partial charge in [-0.05, 0) is 51.4 Å². The number of hydrogen-bond donors (Lipinski definition) is 12. The lowest BCUT2D eigenvalue weighted by atomic mass is 9.96. The highest BCUT2D eigenvalue weighted by atomic mass is 16.8. The van der Waals surface area contributed by atoms with E-state index < -0.39 is 124 Å². The molecule has 19 heteroatoms. The number of nitrogens with one attached hydrogen (secondary N) is 1. The van der Waals surface area contributed by atoms with Crippen LogP contribution in [0.4, 0.5) is 0 Å². The number of aliphatic hydroxyl groups is 11. The number of ether oxygens (including phenoxy) is 6. The minimum absolute atomic E-state index is 0.246. The van der Waals surface area contributed by atoms with Crippen LogP contribution < -0.4 is 5.32 Å². The van der Waals surface area contributed by atoms with Crippen LogP contribution >= 0.6 is 0 Å². The number of allylic oxidation sites excluding steroid dienone is 5. The van der Waals surface area contributed by atoms with E-state index in [1.807, 2.05) is 6.08 Å². The Balaban J connectivity index is 1.35. The van der Waals surface area contributed by atoms with E-state index in [4.69, 9.17) is 28.4 Å². The van der Waals surface area contributed by atoms with Crippen LogP contribution in [0.3, 0.4) is 0 Å². The first-order valence-corrected chi connectivity index (χ1v) is 43.2. The third-order valence-electron chi connectivity index (χ3n) is 21.7. The van der Waals surface area contributed by atoms with Gasteiger partial charge in [-0.3, -0.25) is 4.79 Å². The molecule has 0 aromatic rings. The molecule has 0 bridgehead atoms. The van der Waals surface area contributed by atoms with E-state index in [9.17, 15) is 61.0 Å². The Bertz CT molecular complexity index is 2020. The molecule has 3 heterocycles. The summed E-state index contributed by atoms with van der Waals surface area (Å²) < 4.78 is 34.5. The number of carbonyl (C=O) groups is 1. The van der Waals surface area contributed by atoms with E-state index in [1.54, 1.807) is 6.08 Å². The molecule has 3 rings (SSSR count). The minimum Gasteiger partial charge on any atom is -0.394 e. The Labute approximate surface area is 631 Å². The molecular formula is C85H159NO18. The SMILES string of the molecule is CCCCCCC/C=C\C/C=C\CCCCCCCCCCCCCCCCCCCC(=O)NC(COC1OC(CO)C(OC2OC(CO)C(OC3OC(CO)C(O)C(O)C3O)C(O)C2O)C(O)C1O)C(O)/C=C/CCCCCCCCCCCCCCCCCCCCCCCCCCCCCC. The van der Waals surface area contributed by atoms with Crippen molar-refractivity contribution in [3.05, 3.63) is 36.5 Å². The zero-order valence-electron chi connectivity index (χ0n) is 65.8. The van der Waals surface area contributed by atoms with Gasteiger partial charge in [0.15, 0.2) is 18.9 Å². The monoisotopic (exact) mass is 1480 g/mol. The van der Waals surface area contributed by atoms with Crippen molar-refractivity contribution in [2.45, 2.75) is 471 Å². The Morgan fingerprint density at radius 3 is 0.981 bits per heavy atom. The molecule has 17 unspecified atom stereocenters. The maximum atomic E-state index is 13.5. The third kappa shape index (κ3) is 44.8. The Kier molecular flexibility index (Phi) is 60.8. The lowest BCUT2D eigenvalue weighted by Crippen LogP contribution is -2.66. The van der Waals surface area contributed by atoms with Crippen LogP contribution in [0.25, 0.3) is 0 Å². The number of amides is 1. The van der Waals surface area contributed by atoms with Gasteiger partial charge in [0.05, 0.1) is 38.6 Å². The molecule has 3 aliphatic rings. The van der Waals surface area contributed by atoms with Gasteiger partial charge >= 0.3 is 0 Å². The summed E-state index contributed by atoms with van der Waals surface area (Å²) in [6, 6.07) is -0.974. The predicted molar refractivity (Wildman–Crippen MR) is 416 cm³/mol. The van der Waals surface area contributed by atoms with Gasteiger partial charge < -0.3 is 89.9 Å². The highest BCUT2D eigenvalue weighted by molar-refractivity contribution is 5.76. The molecule has 3 aliphatic heterocycles. The van der Waals surface area contributed by atoms with Gasteiger partial charge in [0, 0.05) is 6.42 Å². The van der Waals surface area contributed by atoms with E-state index in [-0.39, 0.29) is 18.9 Å². The first kappa shape index (κ1) is 96.2. The van der Waals surface area contributed by atoms with E-state index >= 15 is 0 Å². The summed E-state index contributed by atoms with van der Waals surface area (Å²) in [4.78, 5) is 13.5.